The fourth-order valence-electron chi connectivity index (χ4n) is 2.75. The largest absolute Gasteiger partial charge is 0.322 e. The van der Waals surface area contributed by atoms with Crippen LogP contribution in [0.3, 0.4) is 0 Å². The van der Waals surface area contributed by atoms with Crippen molar-refractivity contribution in [2.75, 3.05) is 5.88 Å². The summed E-state index contributed by atoms with van der Waals surface area (Å²) in [5.41, 5.74) is 2.14. The molecule has 0 atom stereocenters. The maximum absolute atomic E-state index is 6.06. The molecule has 0 aliphatic rings. The van der Waals surface area contributed by atoms with Gasteiger partial charge in [0.1, 0.15) is 5.82 Å². The lowest BCUT2D eigenvalue weighted by Gasteiger charge is -2.29. The van der Waals surface area contributed by atoms with Gasteiger partial charge in [0.25, 0.3) is 0 Å². The van der Waals surface area contributed by atoms with Crippen LogP contribution in [0.2, 0.25) is 5.02 Å². The summed E-state index contributed by atoms with van der Waals surface area (Å²) in [6.07, 6.45) is 3.03. The molecule has 19 heavy (non-hydrogen) atoms. The molecule has 0 saturated carbocycles. The molecule has 0 aliphatic heterocycles. The number of hydrogen-bond acceptors (Lipinski definition) is 1. The summed E-state index contributed by atoms with van der Waals surface area (Å²) < 4.78 is 2.32. The predicted octanol–water partition coefficient (Wildman–Crippen LogP) is 5.01. The van der Waals surface area contributed by atoms with E-state index in [0.717, 1.165) is 41.1 Å². The number of rotatable bonds is 5. The molecule has 0 saturated heterocycles. The van der Waals surface area contributed by atoms with E-state index in [4.69, 9.17) is 28.2 Å². The topological polar surface area (TPSA) is 17.8 Å². The predicted molar refractivity (Wildman–Crippen MR) is 83.4 cm³/mol. The summed E-state index contributed by atoms with van der Waals surface area (Å²) in [4.78, 5) is 4.71. The van der Waals surface area contributed by atoms with E-state index in [1.807, 2.05) is 12.1 Å². The van der Waals surface area contributed by atoms with Crippen molar-refractivity contribution in [2.24, 2.45) is 0 Å². The molecular formula is C15H20Cl2N2. The summed E-state index contributed by atoms with van der Waals surface area (Å²) >= 11 is 12.0. The zero-order valence-electron chi connectivity index (χ0n) is 11.7. The van der Waals surface area contributed by atoms with Crippen molar-refractivity contribution in [3.8, 4) is 0 Å². The summed E-state index contributed by atoms with van der Waals surface area (Å²) in [7, 11) is 0. The number of halogens is 2. The number of benzene rings is 1. The maximum atomic E-state index is 6.06. The Morgan fingerprint density at radius 1 is 1.32 bits per heavy atom. The van der Waals surface area contributed by atoms with Gasteiger partial charge in [0.15, 0.2) is 0 Å². The number of hydrogen-bond donors (Lipinski definition) is 0. The number of nitrogens with zero attached hydrogens (tertiary/aromatic N) is 2. The normalized spacial score (nSPS) is 12.3. The third kappa shape index (κ3) is 2.90. The Kier molecular flexibility index (Phi) is 4.42. The smallest absolute Gasteiger partial charge is 0.111 e. The summed E-state index contributed by atoms with van der Waals surface area (Å²) in [6.45, 7) is 6.72. The number of alkyl halides is 1. The van der Waals surface area contributed by atoms with E-state index >= 15 is 0 Å². The van der Waals surface area contributed by atoms with Gasteiger partial charge in [-0.15, -0.1) is 11.6 Å². The molecule has 0 amide bonds. The maximum Gasteiger partial charge on any atom is 0.111 e. The van der Waals surface area contributed by atoms with Gasteiger partial charge in [-0.05, 0) is 38.5 Å². The van der Waals surface area contributed by atoms with Gasteiger partial charge in [-0.25, -0.2) is 4.98 Å². The highest BCUT2D eigenvalue weighted by Crippen LogP contribution is 2.30. The van der Waals surface area contributed by atoms with E-state index in [-0.39, 0.29) is 5.54 Å². The Bertz CT molecular complexity index is 573. The summed E-state index contributed by atoms with van der Waals surface area (Å²) in [5.74, 6) is 1.63. The molecule has 2 rings (SSSR count). The van der Waals surface area contributed by atoms with Crippen molar-refractivity contribution in [1.29, 1.82) is 0 Å². The van der Waals surface area contributed by atoms with Crippen LogP contribution in [-0.4, -0.2) is 15.4 Å². The van der Waals surface area contributed by atoms with Crippen LogP contribution in [0.4, 0.5) is 0 Å². The summed E-state index contributed by atoms with van der Waals surface area (Å²) in [5, 5.41) is 0.725. The second kappa shape index (κ2) is 5.72. The van der Waals surface area contributed by atoms with Crippen molar-refractivity contribution in [3.05, 3.63) is 29.0 Å². The Balaban J connectivity index is 2.64. The van der Waals surface area contributed by atoms with Crippen LogP contribution < -0.4 is 0 Å². The fraction of sp³-hybridized carbons (Fsp3) is 0.533. The minimum atomic E-state index is 0.0404. The quantitative estimate of drug-likeness (QED) is 0.710. The molecule has 2 nitrogen and oxygen atoms in total. The Hall–Kier alpha value is -0.730. The first-order valence-corrected chi connectivity index (χ1v) is 7.64. The molecule has 1 aromatic carbocycles. The lowest BCUT2D eigenvalue weighted by molar-refractivity contribution is 0.324. The minimum absolute atomic E-state index is 0.0404. The van der Waals surface area contributed by atoms with Gasteiger partial charge < -0.3 is 4.57 Å². The number of fused-ring (bicyclic) bond motifs is 1. The Morgan fingerprint density at radius 2 is 2.05 bits per heavy atom. The monoisotopic (exact) mass is 298 g/mol. The van der Waals surface area contributed by atoms with E-state index in [0.29, 0.717) is 5.88 Å². The molecule has 0 aliphatic carbocycles. The van der Waals surface area contributed by atoms with Gasteiger partial charge in [-0.2, -0.15) is 0 Å². The van der Waals surface area contributed by atoms with Crippen molar-refractivity contribution in [2.45, 2.75) is 45.6 Å². The molecule has 0 bridgehead atoms. The highest BCUT2D eigenvalue weighted by molar-refractivity contribution is 6.31. The third-order valence-corrected chi connectivity index (χ3v) is 3.90. The van der Waals surface area contributed by atoms with E-state index in [1.54, 1.807) is 0 Å². The third-order valence-electron chi connectivity index (χ3n) is 3.47. The standard InChI is InChI=1S/C15H20Cl2N2/c1-4-8-15(2,3)19-13-6-5-11(17)10-12(13)18-14(19)7-9-16/h5-6,10H,4,7-9H2,1-3H3. The van der Waals surface area contributed by atoms with Crippen LogP contribution in [0, 0.1) is 0 Å². The van der Waals surface area contributed by atoms with Crippen molar-refractivity contribution in [3.63, 3.8) is 0 Å². The lowest BCUT2D eigenvalue weighted by Crippen LogP contribution is -2.28. The van der Waals surface area contributed by atoms with Gasteiger partial charge in [-0.3, -0.25) is 0 Å². The van der Waals surface area contributed by atoms with Crippen LogP contribution in [0.1, 0.15) is 39.4 Å². The second-order valence-electron chi connectivity index (χ2n) is 5.50. The van der Waals surface area contributed by atoms with E-state index in [1.165, 1.54) is 0 Å². The zero-order chi connectivity index (χ0) is 14.0. The van der Waals surface area contributed by atoms with Crippen molar-refractivity contribution < 1.29 is 0 Å². The van der Waals surface area contributed by atoms with Gasteiger partial charge >= 0.3 is 0 Å². The van der Waals surface area contributed by atoms with Crippen LogP contribution >= 0.6 is 23.2 Å². The molecule has 0 unspecified atom stereocenters. The Labute approximate surface area is 124 Å². The summed E-state index contributed by atoms with van der Waals surface area (Å²) in [6, 6.07) is 5.90. The average molecular weight is 299 g/mol. The van der Waals surface area contributed by atoms with Crippen LogP contribution in [0.15, 0.2) is 18.2 Å². The van der Waals surface area contributed by atoms with Crippen molar-refractivity contribution >= 4 is 34.2 Å². The minimum Gasteiger partial charge on any atom is -0.322 e. The second-order valence-corrected chi connectivity index (χ2v) is 6.31. The lowest BCUT2D eigenvalue weighted by atomic mass is 9.98. The molecule has 0 spiro atoms. The SMILES string of the molecule is CCCC(C)(C)n1c(CCCl)nc2cc(Cl)ccc21. The van der Waals surface area contributed by atoms with Crippen molar-refractivity contribution in [1.82, 2.24) is 9.55 Å². The molecule has 0 radical (unpaired) electrons. The first-order chi connectivity index (χ1) is 8.99. The van der Waals surface area contributed by atoms with Crippen LogP contribution in [0.5, 0.6) is 0 Å². The zero-order valence-corrected chi connectivity index (χ0v) is 13.2. The molecule has 1 aromatic heterocycles. The molecule has 0 N–H and O–H groups in total. The van der Waals surface area contributed by atoms with Crippen LogP contribution in [0.25, 0.3) is 11.0 Å². The molecule has 2 aromatic rings. The molecule has 0 fully saturated rings. The van der Waals surface area contributed by atoms with Gasteiger partial charge in [0.2, 0.25) is 0 Å². The van der Waals surface area contributed by atoms with Gasteiger partial charge in [-0.1, -0.05) is 24.9 Å². The first kappa shape index (κ1) is 14.7. The first-order valence-electron chi connectivity index (χ1n) is 6.73. The average Bonchev–Trinajstić information content (AvgIpc) is 2.67. The van der Waals surface area contributed by atoms with E-state index < -0.39 is 0 Å². The molecular weight excluding hydrogens is 279 g/mol. The van der Waals surface area contributed by atoms with Gasteiger partial charge in [0.05, 0.1) is 11.0 Å². The Morgan fingerprint density at radius 3 is 2.68 bits per heavy atom. The number of aromatic nitrogens is 2. The molecule has 104 valence electrons. The molecule has 1 heterocycles. The van der Waals surface area contributed by atoms with E-state index in [2.05, 4.69) is 31.4 Å². The molecule has 4 heteroatoms. The fourth-order valence-corrected chi connectivity index (χ4v) is 3.09. The van der Waals surface area contributed by atoms with Gasteiger partial charge in [0, 0.05) is 22.9 Å². The highest BCUT2D eigenvalue weighted by Gasteiger charge is 2.24. The number of imidazole rings is 1. The van der Waals surface area contributed by atoms with E-state index in [9.17, 15) is 0 Å². The number of aryl methyl sites for hydroxylation is 1. The highest BCUT2D eigenvalue weighted by atomic mass is 35.5. The van der Waals surface area contributed by atoms with Crippen LogP contribution in [-0.2, 0) is 12.0 Å².